The highest BCUT2D eigenvalue weighted by molar-refractivity contribution is 7.80. The summed E-state index contributed by atoms with van der Waals surface area (Å²) in [6.07, 6.45) is 4.06. The van der Waals surface area contributed by atoms with Crippen molar-refractivity contribution < 1.29 is 4.74 Å². The number of rotatable bonds is 6. The monoisotopic (exact) mass is 279 g/mol. The van der Waals surface area contributed by atoms with E-state index in [2.05, 4.69) is 29.7 Å². The molecule has 0 heterocycles. The lowest BCUT2D eigenvalue weighted by Crippen LogP contribution is -2.24. The van der Waals surface area contributed by atoms with E-state index in [-0.39, 0.29) is 0 Å². The molecule has 0 amide bonds. The highest BCUT2D eigenvalue weighted by Crippen LogP contribution is 2.16. The van der Waals surface area contributed by atoms with E-state index in [1.807, 2.05) is 30.5 Å². The molecule has 0 atom stereocenters. The molecule has 0 fully saturated rings. The molecule has 19 heavy (non-hydrogen) atoms. The van der Waals surface area contributed by atoms with Crippen molar-refractivity contribution in [2.24, 2.45) is 11.0 Å². The standard InChI is InChI=1S/C14H21N3OS/c1-4-11(5-2)10-15-17-14(19)16-12-7-6-8-13(9-12)18-3/h6-11H,4-5H2,1-3H3,(H2,16,17,19)/b15-10+. The van der Waals surface area contributed by atoms with Crippen LogP contribution in [0, 0.1) is 5.92 Å². The van der Waals surface area contributed by atoms with Crippen LogP contribution in [0.4, 0.5) is 5.69 Å². The van der Waals surface area contributed by atoms with E-state index in [9.17, 15) is 0 Å². The lowest BCUT2D eigenvalue weighted by Gasteiger charge is -2.09. The number of hydrogen-bond donors (Lipinski definition) is 2. The summed E-state index contributed by atoms with van der Waals surface area (Å²) >= 11 is 5.16. The van der Waals surface area contributed by atoms with Gasteiger partial charge in [0.05, 0.1) is 7.11 Å². The fourth-order valence-corrected chi connectivity index (χ4v) is 1.73. The molecule has 0 aliphatic heterocycles. The summed E-state index contributed by atoms with van der Waals surface area (Å²) in [4.78, 5) is 0. The van der Waals surface area contributed by atoms with Gasteiger partial charge in [-0.25, -0.2) is 0 Å². The van der Waals surface area contributed by atoms with E-state index < -0.39 is 0 Å². The zero-order valence-electron chi connectivity index (χ0n) is 11.6. The van der Waals surface area contributed by atoms with Crippen molar-refractivity contribution in [1.29, 1.82) is 0 Å². The highest BCUT2D eigenvalue weighted by atomic mass is 32.1. The molecule has 0 aliphatic carbocycles. The van der Waals surface area contributed by atoms with Crippen LogP contribution in [0.5, 0.6) is 5.75 Å². The summed E-state index contributed by atoms with van der Waals surface area (Å²) in [6, 6.07) is 7.57. The van der Waals surface area contributed by atoms with E-state index >= 15 is 0 Å². The number of thiocarbonyl (C=S) groups is 1. The third-order valence-corrected chi connectivity index (χ3v) is 3.02. The molecule has 5 heteroatoms. The first-order valence-electron chi connectivity index (χ1n) is 6.43. The number of anilines is 1. The normalized spacial score (nSPS) is 10.7. The summed E-state index contributed by atoms with van der Waals surface area (Å²) in [5.74, 6) is 1.28. The second kappa shape index (κ2) is 8.48. The zero-order chi connectivity index (χ0) is 14.1. The van der Waals surface area contributed by atoms with Gasteiger partial charge in [-0.1, -0.05) is 19.9 Å². The quantitative estimate of drug-likeness (QED) is 0.476. The Balaban J connectivity index is 2.46. The molecule has 0 bridgehead atoms. The predicted molar refractivity (Wildman–Crippen MR) is 84.9 cm³/mol. The molecule has 4 nitrogen and oxygen atoms in total. The predicted octanol–water partition coefficient (Wildman–Crippen LogP) is 3.40. The van der Waals surface area contributed by atoms with Crippen molar-refractivity contribution in [2.75, 3.05) is 12.4 Å². The highest BCUT2D eigenvalue weighted by Gasteiger charge is 2.00. The maximum atomic E-state index is 5.16. The molecule has 104 valence electrons. The molecule has 1 rings (SSSR count). The van der Waals surface area contributed by atoms with Crippen molar-refractivity contribution in [3.8, 4) is 5.75 Å². The van der Waals surface area contributed by atoms with Gasteiger partial charge in [0, 0.05) is 18.0 Å². The first kappa shape index (κ1) is 15.4. The van der Waals surface area contributed by atoms with Crippen LogP contribution in [0.15, 0.2) is 29.4 Å². The minimum atomic E-state index is 0.468. The summed E-state index contributed by atoms with van der Waals surface area (Å²) in [6.45, 7) is 4.29. The average molecular weight is 279 g/mol. The molecule has 0 saturated carbocycles. The molecule has 0 spiro atoms. The van der Waals surface area contributed by atoms with Gasteiger partial charge in [-0.05, 0) is 43.1 Å². The van der Waals surface area contributed by atoms with Crippen LogP contribution in [0.25, 0.3) is 0 Å². The molecule has 2 N–H and O–H groups in total. The summed E-state index contributed by atoms with van der Waals surface area (Å²) in [5, 5.41) is 7.66. The Kier molecular flexibility index (Phi) is 6.89. The van der Waals surface area contributed by atoms with Crippen LogP contribution in [0.1, 0.15) is 26.7 Å². The lowest BCUT2D eigenvalue weighted by molar-refractivity contribution is 0.415. The second-order valence-electron chi connectivity index (χ2n) is 4.15. The third-order valence-electron chi connectivity index (χ3n) is 2.83. The van der Waals surface area contributed by atoms with Gasteiger partial charge < -0.3 is 10.1 Å². The molecule has 1 aromatic rings. The molecule has 0 saturated heterocycles. The summed E-state index contributed by atoms with van der Waals surface area (Å²) < 4.78 is 5.14. The van der Waals surface area contributed by atoms with Crippen LogP contribution in [0.3, 0.4) is 0 Å². The van der Waals surface area contributed by atoms with Gasteiger partial charge in [-0.3, -0.25) is 5.43 Å². The van der Waals surface area contributed by atoms with Gasteiger partial charge >= 0.3 is 0 Å². The maximum Gasteiger partial charge on any atom is 0.191 e. The smallest absolute Gasteiger partial charge is 0.191 e. The number of nitrogens with one attached hydrogen (secondary N) is 2. The molecule has 0 aliphatic rings. The number of hydrazone groups is 1. The molecule has 0 unspecified atom stereocenters. The Morgan fingerprint density at radius 1 is 1.42 bits per heavy atom. The summed E-state index contributed by atoms with van der Waals surface area (Å²) in [7, 11) is 1.63. The Morgan fingerprint density at radius 3 is 2.79 bits per heavy atom. The minimum Gasteiger partial charge on any atom is -0.497 e. The Bertz CT molecular complexity index is 430. The minimum absolute atomic E-state index is 0.468. The maximum absolute atomic E-state index is 5.16. The fraction of sp³-hybridized carbons (Fsp3) is 0.429. The second-order valence-corrected chi connectivity index (χ2v) is 4.56. The van der Waals surface area contributed by atoms with Gasteiger partial charge in [0.15, 0.2) is 5.11 Å². The van der Waals surface area contributed by atoms with Crippen LogP contribution in [-0.4, -0.2) is 18.4 Å². The summed E-state index contributed by atoms with van der Waals surface area (Å²) in [5.41, 5.74) is 3.69. The van der Waals surface area contributed by atoms with Crippen molar-refractivity contribution in [3.05, 3.63) is 24.3 Å². The van der Waals surface area contributed by atoms with E-state index in [4.69, 9.17) is 17.0 Å². The molecular formula is C14H21N3OS. The number of hydrogen-bond acceptors (Lipinski definition) is 3. The van der Waals surface area contributed by atoms with Crippen molar-refractivity contribution in [1.82, 2.24) is 5.43 Å². The van der Waals surface area contributed by atoms with Crippen molar-refractivity contribution in [2.45, 2.75) is 26.7 Å². The molecule has 0 aromatic heterocycles. The number of nitrogens with zero attached hydrogens (tertiary/aromatic N) is 1. The van der Waals surface area contributed by atoms with Crippen LogP contribution >= 0.6 is 12.2 Å². The van der Waals surface area contributed by atoms with Gasteiger partial charge in [0.2, 0.25) is 0 Å². The molecule has 1 aromatic carbocycles. The topological polar surface area (TPSA) is 45.7 Å². The van der Waals surface area contributed by atoms with Crippen LogP contribution in [0.2, 0.25) is 0 Å². The van der Waals surface area contributed by atoms with Crippen molar-refractivity contribution >= 4 is 29.2 Å². The molecular weight excluding hydrogens is 258 g/mol. The van der Waals surface area contributed by atoms with Gasteiger partial charge in [-0.15, -0.1) is 0 Å². The Labute approximate surface area is 120 Å². The van der Waals surface area contributed by atoms with Crippen LogP contribution < -0.4 is 15.5 Å². The largest absolute Gasteiger partial charge is 0.497 e. The SMILES string of the molecule is CCC(/C=N/NC(=S)Nc1cccc(OC)c1)CC. The number of methoxy groups -OCH3 is 1. The zero-order valence-corrected chi connectivity index (χ0v) is 12.5. The van der Waals surface area contributed by atoms with Gasteiger partial charge in [-0.2, -0.15) is 5.10 Å². The Hall–Kier alpha value is -1.62. The van der Waals surface area contributed by atoms with Crippen LogP contribution in [-0.2, 0) is 0 Å². The average Bonchev–Trinajstić information content (AvgIpc) is 2.44. The first-order chi connectivity index (χ1) is 9.19. The van der Waals surface area contributed by atoms with E-state index in [1.165, 1.54) is 0 Å². The number of benzene rings is 1. The van der Waals surface area contributed by atoms with E-state index in [0.717, 1.165) is 24.3 Å². The number of ether oxygens (including phenoxy) is 1. The van der Waals surface area contributed by atoms with Gasteiger partial charge in [0.1, 0.15) is 5.75 Å². The van der Waals surface area contributed by atoms with E-state index in [1.54, 1.807) is 7.11 Å². The lowest BCUT2D eigenvalue weighted by atomic mass is 10.1. The first-order valence-corrected chi connectivity index (χ1v) is 6.84. The van der Waals surface area contributed by atoms with E-state index in [0.29, 0.717) is 11.0 Å². The molecule has 0 radical (unpaired) electrons. The fourth-order valence-electron chi connectivity index (χ4n) is 1.56. The third kappa shape index (κ3) is 5.70. The van der Waals surface area contributed by atoms with Crippen molar-refractivity contribution in [3.63, 3.8) is 0 Å². The Morgan fingerprint density at radius 2 is 2.16 bits per heavy atom. The van der Waals surface area contributed by atoms with Gasteiger partial charge in [0.25, 0.3) is 0 Å².